The summed E-state index contributed by atoms with van der Waals surface area (Å²) in [7, 11) is 0. The molecule has 0 aromatic rings. The molecule has 0 fully saturated rings. The van der Waals surface area contributed by atoms with Crippen molar-refractivity contribution in [3.63, 3.8) is 0 Å². The van der Waals surface area contributed by atoms with Gasteiger partial charge in [-0.25, -0.2) is 0 Å². The quantitative estimate of drug-likeness (QED) is 0.530. The molecule has 0 saturated heterocycles. The van der Waals surface area contributed by atoms with Gasteiger partial charge < -0.3 is 0 Å². The summed E-state index contributed by atoms with van der Waals surface area (Å²) in [5.41, 5.74) is 0. The Labute approximate surface area is 82.4 Å². The van der Waals surface area contributed by atoms with E-state index in [0.29, 0.717) is 0 Å². The Hall–Kier alpha value is -1.04. The van der Waals surface area contributed by atoms with Crippen LogP contribution < -0.4 is 0 Å². The van der Waals surface area contributed by atoms with E-state index in [9.17, 15) is 0 Å². The lowest BCUT2D eigenvalue weighted by Gasteiger charge is -1.79. The topological polar surface area (TPSA) is 0 Å². The lowest BCUT2D eigenvalue weighted by Crippen LogP contribution is -1.59. The van der Waals surface area contributed by atoms with Gasteiger partial charge in [-0.1, -0.05) is 62.5 Å². The first-order valence-corrected chi connectivity index (χ1v) is 4.86. The van der Waals surface area contributed by atoms with Crippen molar-refractivity contribution >= 4 is 0 Å². The molecule has 0 aromatic heterocycles. The third-order valence-electron chi connectivity index (χ3n) is 1.43. The normalized spacial score (nSPS) is 13.1. The van der Waals surface area contributed by atoms with Crippen LogP contribution in [0.2, 0.25) is 0 Å². The summed E-state index contributed by atoms with van der Waals surface area (Å²) in [5, 5.41) is 0. The Bertz CT molecular complexity index is 192. The molecule has 0 N–H and O–H groups in total. The Morgan fingerprint density at radius 3 is 1.92 bits per heavy atom. The molecule has 13 heavy (non-hydrogen) atoms. The average molecular weight is 175 g/mol. The van der Waals surface area contributed by atoms with Crippen molar-refractivity contribution in [3.05, 3.63) is 55.5 Å². The largest absolute Gasteiger partial charge is 0.0848 e. The first-order valence-electron chi connectivity index (χ1n) is 4.86. The lowest BCUT2D eigenvalue weighted by atomic mass is 10.3. The van der Waals surface area contributed by atoms with Gasteiger partial charge >= 0.3 is 0 Å². The van der Waals surface area contributed by atoms with Crippen LogP contribution in [0.1, 0.15) is 26.2 Å². The van der Waals surface area contributed by atoms with Gasteiger partial charge in [0.15, 0.2) is 0 Å². The van der Waals surface area contributed by atoms with E-state index < -0.39 is 0 Å². The molecule has 0 heterocycles. The maximum absolute atomic E-state index is 3.75. The molecule has 0 saturated carbocycles. The fraction of sp³-hybridized carbons (Fsp3) is 0.308. The van der Waals surface area contributed by atoms with Gasteiger partial charge in [-0.15, -0.1) is 0 Å². The summed E-state index contributed by atoms with van der Waals surface area (Å²) < 4.78 is 0. The van der Waals surface area contributed by atoms with E-state index in [0.717, 1.165) is 19.3 Å². The zero-order valence-corrected chi connectivity index (χ0v) is 8.45. The SMILES string of the molecule is [CH2]CC/C=C/C=C/C=C/C=C/CC. The number of hydrogen-bond donors (Lipinski definition) is 0. The minimum atomic E-state index is 0.972. The van der Waals surface area contributed by atoms with Crippen molar-refractivity contribution in [2.45, 2.75) is 26.2 Å². The van der Waals surface area contributed by atoms with Crippen molar-refractivity contribution < 1.29 is 0 Å². The molecule has 0 spiro atoms. The van der Waals surface area contributed by atoms with Crippen LogP contribution in [-0.2, 0) is 0 Å². The second-order valence-corrected chi connectivity index (χ2v) is 2.68. The molecule has 0 aromatic carbocycles. The van der Waals surface area contributed by atoms with E-state index in [1.54, 1.807) is 0 Å². The Balaban J connectivity index is 3.50. The van der Waals surface area contributed by atoms with Crippen LogP contribution in [-0.4, -0.2) is 0 Å². The zero-order chi connectivity index (χ0) is 9.78. The number of unbranched alkanes of at least 4 members (excludes halogenated alkanes) is 1. The van der Waals surface area contributed by atoms with Crippen LogP contribution in [0, 0.1) is 6.92 Å². The van der Waals surface area contributed by atoms with Gasteiger partial charge in [0.1, 0.15) is 0 Å². The van der Waals surface area contributed by atoms with Gasteiger partial charge in [0.25, 0.3) is 0 Å². The molecule has 0 aliphatic rings. The highest BCUT2D eigenvalue weighted by atomic mass is 13.8. The van der Waals surface area contributed by atoms with Crippen molar-refractivity contribution in [1.29, 1.82) is 0 Å². The highest BCUT2D eigenvalue weighted by molar-refractivity contribution is 5.15. The standard InChI is InChI=1S/C13H19/c1-3-5-7-9-11-13-12-10-8-6-4-2/h6-13H,1,3-5H2,2H3/b8-6+,9-7+,12-10+,13-11+. The molecule has 0 amide bonds. The van der Waals surface area contributed by atoms with E-state index in [1.807, 2.05) is 24.3 Å². The molecule has 0 unspecified atom stereocenters. The van der Waals surface area contributed by atoms with Crippen LogP contribution in [0.4, 0.5) is 0 Å². The maximum atomic E-state index is 3.75. The first kappa shape index (κ1) is 12.0. The van der Waals surface area contributed by atoms with E-state index in [1.165, 1.54) is 0 Å². The lowest BCUT2D eigenvalue weighted by molar-refractivity contribution is 1.05. The Morgan fingerprint density at radius 1 is 0.846 bits per heavy atom. The predicted molar refractivity (Wildman–Crippen MR) is 61.4 cm³/mol. The number of allylic oxidation sites excluding steroid dienone is 8. The minimum absolute atomic E-state index is 0.972. The Morgan fingerprint density at radius 2 is 1.38 bits per heavy atom. The summed E-state index contributed by atoms with van der Waals surface area (Å²) in [6, 6.07) is 0. The highest BCUT2D eigenvalue weighted by Crippen LogP contribution is 1.89. The second kappa shape index (κ2) is 11.0. The summed E-state index contributed by atoms with van der Waals surface area (Å²) in [4.78, 5) is 0. The molecular weight excluding hydrogens is 156 g/mol. The minimum Gasteiger partial charge on any atom is -0.0848 e. The maximum Gasteiger partial charge on any atom is -0.0348 e. The smallest absolute Gasteiger partial charge is 0.0348 e. The molecule has 0 aliphatic heterocycles. The molecule has 71 valence electrons. The highest BCUT2D eigenvalue weighted by Gasteiger charge is 1.68. The number of hydrogen-bond acceptors (Lipinski definition) is 0. The van der Waals surface area contributed by atoms with Crippen molar-refractivity contribution in [1.82, 2.24) is 0 Å². The van der Waals surface area contributed by atoms with E-state index in [2.05, 4.69) is 38.2 Å². The molecule has 0 heteroatoms. The van der Waals surface area contributed by atoms with Crippen molar-refractivity contribution in [3.8, 4) is 0 Å². The third-order valence-corrected chi connectivity index (χ3v) is 1.43. The second-order valence-electron chi connectivity index (χ2n) is 2.68. The molecule has 0 aliphatic carbocycles. The van der Waals surface area contributed by atoms with E-state index in [-0.39, 0.29) is 0 Å². The van der Waals surface area contributed by atoms with Crippen LogP contribution in [0.3, 0.4) is 0 Å². The fourth-order valence-corrected chi connectivity index (χ4v) is 0.764. The first-order chi connectivity index (χ1) is 6.41. The van der Waals surface area contributed by atoms with Crippen molar-refractivity contribution in [2.24, 2.45) is 0 Å². The fourth-order valence-electron chi connectivity index (χ4n) is 0.764. The van der Waals surface area contributed by atoms with Gasteiger partial charge in [0.05, 0.1) is 0 Å². The summed E-state index contributed by atoms with van der Waals surface area (Å²) >= 11 is 0. The average Bonchev–Trinajstić information content (AvgIpc) is 2.16. The van der Waals surface area contributed by atoms with Gasteiger partial charge in [-0.3, -0.25) is 0 Å². The molecule has 0 atom stereocenters. The van der Waals surface area contributed by atoms with Gasteiger partial charge in [-0.2, -0.15) is 0 Å². The Kier molecular flexibility index (Phi) is 10.1. The molecule has 0 nitrogen and oxygen atoms in total. The van der Waals surface area contributed by atoms with Gasteiger partial charge in [0.2, 0.25) is 0 Å². The summed E-state index contributed by atoms with van der Waals surface area (Å²) in [6.45, 7) is 5.88. The number of rotatable bonds is 6. The predicted octanol–water partition coefficient (Wildman–Crippen LogP) is 4.24. The van der Waals surface area contributed by atoms with Gasteiger partial charge in [-0.05, 0) is 19.3 Å². The molecular formula is C13H19. The van der Waals surface area contributed by atoms with Gasteiger partial charge in [0, 0.05) is 0 Å². The molecule has 0 bridgehead atoms. The van der Waals surface area contributed by atoms with E-state index >= 15 is 0 Å². The summed E-state index contributed by atoms with van der Waals surface area (Å²) in [6.07, 6.45) is 19.6. The summed E-state index contributed by atoms with van der Waals surface area (Å²) in [5.74, 6) is 0. The van der Waals surface area contributed by atoms with Crippen LogP contribution in [0.5, 0.6) is 0 Å². The van der Waals surface area contributed by atoms with Crippen LogP contribution >= 0.6 is 0 Å². The van der Waals surface area contributed by atoms with Crippen LogP contribution in [0.15, 0.2) is 48.6 Å². The van der Waals surface area contributed by atoms with Crippen LogP contribution in [0.25, 0.3) is 0 Å². The zero-order valence-electron chi connectivity index (χ0n) is 8.45. The monoisotopic (exact) mass is 175 g/mol. The molecule has 0 rings (SSSR count). The van der Waals surface area contributed by atoms with E-state index in [4.69, 9.17) is 0 Å². The third kappa shape index (κ3) is 11.0. The molecule has 1 radical (unpaired) electrons. The van der Waals surface area contributed by atoms with Crippen molar-refractivity contribution in [2.75, 3.05) is 0 Å².